The topological polar surface area (TPSA) is 54.0 Å². The van der Waals surface area contributed by atoms with E-state index in [0.717, 1.165) is 25.9 Å². The lowest BCUT2D eigenvalue weighted by Crippen LogP contribution is -2.11. The Morgan fingerprint density at radius 1 is 0.400 bits per heavy atom. The van der Waals surface area contributed by atoms with Gasteiger partial charge in [-0.05, 0) is 19.3 Å². The third-order valence-corrected chi connectivity index (χ3v) is 6.32. The van der Waals surface area contributed by atoms with E-state index in [1.807, 2.05) is 0 Å². The molecule has 0 fully saturated rings. The summed E-state index contributed by atoms with van der Waals surface area (Å²) in [5, 5.41) is 0. The van der Waals surface area contributed by atoms with Crippen molar-refractivity contribution in [1.82, 2.24) is 0 Å². The van der Waals surface area contributed by atoms with E-state index in [1.54, 1.807) is 0 Å². The molecule has 0 aliphatic heterocycles. The fourth-order valence-corrected chi connectivity index (χ4v) is 4.05. The lowest BCUT2D eigenvalue weighted by molar-refractivity contribution is -0.144. The summed E-state index contributed by atoms with van der Waals surface area (Å²) in [6.45, 7) is 8.89. The summed E-state index contributed by atoms with van der Waals surface area (Å²) >= 11 is 0. The summed E-state index contributed by atoms with van der Waals surface area (Å²) in [4.78, 5) is 11.7. The zero-order valence-corrected chi connectivity index (χ0v) is 23.6. The minimum absolute atomic E-state index is 0.104. The maximum Gasteiger partial charge on any atom is 0.305 e. The Morgan fingerprint density at radius 3 is 1.20 bits per heavy atom. The van der Waals surface area contributed by atoms with Crippen LogP contribution in [0.4, 0.5) is 0 Å². The van der Waals surface area contributed by atoms with Gasteiger partial charge in [0.15, 0.2) is 0 Å². The van der Waals surface area contributed by atoms with Gasteiger partial charge in [-0.25, -0.2) is 0 Å². The molecule has 210 valence electrons. The molecule has 0 atom stereocenters. The molecule has 0 aromatic heterocycles. The molecule has 0 radical (unpaired) electrons. The summed E-state index contributed by atoms with van der Waals surface area (Å²) < 4.78 is 22.0. The number of hydrogen-bond acceptors (Lipinski definition) is 5. The predicted octanol–water partition coefficient (Wildman–Crippen LogP) is 8.42. The van der Waals surface area contributed by atoms with Crippen molar-refractivity contribution in [3.05, 3.63) is 0 Å². The van der Waals surface area contributed by atoms with Gasteiger partial charge in [-0.15, -0.1) is 0 Å². The number of ether oxygens (including phenoxy) is 4. The highest BCUT2D eigenvalue weighted by Crippen LogP contribution is 2.11. The highest BCUT2D eigenvalue weighted by molar-refractivity contribution is 5.69. The van der Waals surface area contributed by atoms with Crippen LogP contribution >= 0.6 is 0 Å². The van der Waals surface area contributed by atoms with Crippen LogP contribution in [0.1, 0.15) is 142 Å². The second kappa shape index (κ2) is 31.4. The third-order valence-electron chi connectivity index (χ3n) is 6.32. The Kier molecular flexibility index (Phi) is 30.8. The van der Waals surface area contributed by atoms with Crippen LogP contribution in [0, 0.1) is 0 Å². The minimum atomic E-state index is -0.104. The molecule has 0 bridgehead atoms. The van der Waals surface area contributed by atoms with E-state index in [0.29, 0.717) is 52.5 Å². The molecule has 35 heavy (non-hydrogen) atoms. The Bertz CT molecular complexity index is 402. The number of unbranched alkanes of at least 4 members (excludes halogenated alkanes) is 16. The van der Waals surface area contributed by atoms with Crippen molar-refractivity contribution in [1.29, 1.82) is 0 Å². The summed E-state index contributed by atoms with van der Waals surface area (Å²) in [6.07, 6.45) is 24.7. The standard InChI is InChI=1S/C30H60O5/c1-3-5-7-9-11-13-14-15-17-19-23-32-26-28-34-29-27-33-24-21-22-30(31)35-25-20-18-16-12-10-8-6-4-2/h3-29H2,1-2H3. The third kappa shape index (κ3) is 31.3. The number of carbonyl (C=O) groups is 1. The van der Waals surface area contributed by atoms with Crippen LogP contribution in [0.3, 0.4) is 0 Å². The molecular formula is C30H60O5. The van der Waals surface area contributed by atoms with Crippen LogP contribution in [0.25, 0.3) is 0 Å². The van der Waals surface area contributed by atoms with Crippen molar-refractivity contribution in [2.24, 2.45) is 0 Å². The molecule has 0 spiro atoms. The maximum absolute atomic E-state index is 11.7. The van der Waals surface area contributed by atoms with Crippen molar-refractivity contribution < 1.29 is 23.7 Å². The lowest BCUT2D eigenvalue weighted by Gasteiger charge is -2.07. The van der Waals surface area contributed by atoms with Gasteiger partial charge in [0.25, 0.3) is 0 Å². The van der Waals surface area contributed by atoms with Crippen LogP contribution in [-0.2, 0) is 23.7 Å². The quantitative estimate of drug-likeness (QED) is 0.0731. The minimum Gasteiger partial charge on any atom is -0.466 e. The number of rotatable bonds is 30. The molecule has 0 rings (SSSR count). The number of esters is 1. The number of hydrogen-bond donors (Lipinski definition) is 0. The van der Waals surface area contributed by atoms with E-state index in [2.05, 4.69) is 13.8 Å². The maximum atomic E-state index is 11.7. The Morgan fingerprint density at radius 2 is 0.743 bits per heavy atom. The molecule has 5 nitrogen and oxygen atoms in total. The molecule has 0 heterocycles. The summed E-state index contributed by atoms with van der Waals surface area (Å²) in [5.74, 6) is -0.104. The zero-order chi connectivity index (χ0) is 25.5. The van der Waals surface area contributed by atoms with Gasteiger partial charge in [-0.1, -0.05) is 117 Å². The highest BCUT2D eigenvalue weighted by atomic mass is 16.5. The molecule has 0 unspecified atom stereocenters. The monoisotopic (exact) mass is 500 g/mol. The molecule has 5 heteroatoms. The highest BCUT2D eigenvalue weighted by Gasteiger charge is 2.02. The Hall–Kier alpha value is -0.650. The van der Waals surface area contributed by atoms with Crippen LogP contribution in [0.2, 0.25) is 0 Å². The summed E-state index contributed by atoms with van der Waals surface area (Å²) in [5.41, 5.74) is 0. The first kappa shape index (κ1) is 34.4. The smallest absolute Gasteiger partial charge is 0.305 e. The molecular weight excluding hydrogens is 440 g/mol. The Labute approximate surface area is 218 Å². The molecule has 0 N–H and O–H groups in total. The van der Waals surface area contributed by atoms with Gasteiger partial charge in [0, 0.05) is 19.6 Å². The van der Waals surface area contributed by atoms with E-state index in [9.17, 15) is 4.79 Å². The molecule has 0 amide bonds. The van der Waals surface area contributed by atoms with Gasteiger partial charge in [0.05, 0.1) is 33.0 Å². The number of carbonyl (C=O) groups excluding carboxylic acids is 1. The fraction of sp³-hybridized carbons (Fsp3) is 0.967. The molecule has 0 aliphatic carbocycles. The van der Waals surface area contributed by atoms with Gasteiger partial charge < -0.3 is 18.9 Å². The van der Waals surface area contributed by atoms with E-state index < -0.39 is 0 Å². The van der Waals surface area contributed by atoms with Crippen molar-refractivity contribution in [2.45, 2.75) is 142 Å². The summed E-state index contributed by atoms with van der Waals surface area (Å²) in [7, 11) is 0. The van der Waals surface area contributed by atoms with Crippen LogP contribution in [0.5, 0.6) is 0 Å². The normalized spacial score (nSPS) is 11.3. The first-order chi connectivity index (χ1) is 17.3. The zero-order valence-electron chi connectivity index (χ0n) is 23.6. The average molecular weight is 501 g/mol. The van der Waals surface area contributed by atoms with E-state index >= 15 is 0 Å². The van der Waals surface area contributed by atoms with Gasteiger partial charge >= 0.3 is 5.97 Å². The second-order valence-corrected chi connectivity index (χ2v) is 9.82. The second-order valence-electron chi connectivity index (χ2n) is 9.82. The largest absolute Gasteiger partial charge is 0.466 e. The van der Waals surface area contributed by atoms with Crippen molar-refractivity contribution in [2.75, 3.05) is 46.2 Å². The predicted molar refractivity (Wildman–Crippen MR) is 147 cm³/mol. The SMILES string of the molecule is CCCCCCCCCCCCOCCOCCOCCCC(=O)OCCCCCCCCCC. The van der Waals surface area contributed by atoms with E-state index in [4.69, 9.17) is 18.9 Å². The molecule has 0 aromatic carbocycles. The molecule has 0 saturated carbocycles. The van der Waals surface area contributed by atoms with Gasteiger partial charge in [0.1, 0.15) is 0 Å². The van der Waals surface area contributed by atoms with Crippen LogP contribution in [-0.4, -0.2) is 52.2 Å². The van der Waals surface area contributed by atoms with Gasteiger partial charge in [-0.2, -0.15) is 0 Å². The first-order valence-corrected chi connectivity index (χ1v) is 15.2. The van der Waals surface area contributed by atoms with Gasteiger partial charge in [-0.3, -0.25) is 4.79 Å². The van der Waals surface area contributed by atoms with Crippen molar-refractivity contribution >= 4 is 5.97 Å². The van der Waals surface area contributed by atoms with Gasteiger partial charge in [0.2, 0.25) is 0 Å². The van der Waals surface area contributed by atoms with E-state index in [1.165, 1.54) is 96.3 Å². The Balaban J connectivity index is 3.12. The first-order valence-electron chi connectivity index (χ1n) is 15.2. The van der Waals surface area contributed by atoms with Crippen molar-refractivity contribution in [3.63, 3.8) is 0 Å². The molecule has 0 saturated heterocycles. The molecule has 0 aliphatic rings. The molecule has 0 aromatic rings. The lowest BCUT2D eigenvalue weighted by atomic mass is 10.1. The van der Waals surface area contributed by atoms with Crippen LogP contribution in [0.15, 0.2) is 0 Å². The van der Waals surface area contributed by atoms with Crippen molar-refractivity contribution in [3.8, 4) is 0 Å². The fourth-order valence-electron chi connectivity index (χ4n) is 4.05. The van der Waals surface area contributed by atoms with E-state index in [-0.39, 0.29) is 5.97 Å². The average Bonchev–Trinajstić information content (AvgIpc) is 2.86. The summed E-state index contributed by atoms with van der Waals surface area (Å²) in [6, 6.07) is 0. The van der Waals surface area contributed by atoms with Crippen LogP contribution < -0.4 is 0 Å².